The van der Waals surface area contributed by atoms with Gasteiger partial charge >= 0.3 is 0 Å². The summed E-state index contributed by atoms with van der Waals surface area (Å²) in [6, 6.07) is 0.648. The Kier molecular flexibility index (Phi) is 3.93. The van der Waals surface area contributed by atoms with E-state index >= 15 is 0 Å². The van der Waals surface area contributed by atoms with Gasteiger partial charge in [0.1, 0.15) is 0 Å². The Labute approximate surface area is 87.7 Å². The van der Waals surface area contributed by atoms with E-state index < -0.39 is 0 Å². The first-order chi connectivity index (χ1) is 6.47. The van der Waals surface area contributed by atoms with Gasteiger partial charge in [0.25, 0.3) is 0 Å². The zero-order valence-corrected chi connectivity index (χ0v) is 9.95. The largest absolute Gasteiger partial charge is 0.394 e. The number of aliphatic hydroxyl groups excluding tert-OH is 1. The average molecular weight is 200 g/mol. The highest BCUT2D eigenvalue weighted by molar-refractivity contribution is 4.87. The van der Waals surface area contributed by atoms with Crippen LogP contribution in [-0.2, 0) is 0 Å². The molecule has 1 saturated heterocycles. The van der Waals surface area contributed by atoms with E-state index in [2.05, 4.69) is 37.7 Å². The molecule has 0 aliphatic carbocycles. The number of piperidine rings is 1. The first-order valence-electron chi connectivity index (χ1n) is 5.49. The second-order valence-corrected chi connectivity index (χ2v) is 5.18. The van der Waals surface area contributed by atoms with Gasteiger partial charge < -0.3 is 10.0 Å². The third kappa shape index (κ3) is 2.69. The minimum Gasteiger partial charge on any atom is -0.394 e. The number of aliphatic hydroxyl groups is 1. The monoisotopic (exact) mass is 200 g/mol. The Balaban J connectivity index is 2.56. The first-order valence-corrected chi connectivity index (χ1v) is 5.49. The molecule has 1 aliphatic heterocycles. The molecule has 0 radical (unpaired) electrons. The van der Waals surface area contributed by atoms with Gasteiger partial charge in [-0.25, -0.2) is 0 Å². The van der Waals surface area contributed by atoms with Crippen LogP contribution in [0.4, 0.5) is 0 Å². The number of hydrogen-bond acceptors (Lipinski definition) is 3. The predicted molar refractivity (Wildman–Crippen MR) is 59.4 cm³/mol. The van der Waals surface area contributed by atoms with Crippen LogP contribution >= 0.6 is 0 Å². The fraction of sp³-hybridized carbons (Fsp3) is 1.00. The van der Waals surface area contributed by atoms with Gasteiger partial charge in [-0.1, -0.05) is 0 Å². The zero-order chi connectivity index (χ0) is 10.8. The molecule has 0 amide bonds. The summed E-state index contributed by atoms with van der Waals surface area (Å²) in [6.45, 7) is 6.68. The van der Waals surface area contributed by atoms with Gasteiger partial charge in [0.05, 0.1) is 6.61 Å². The fourth-order valence-electron chi connectivity index (χ4n) is 2.03. The van der Waals surface area contributed by atoms with Gasteiger partial charge in [0.15, 0.2) is 0 Å². The molecular formula is C11H24N2O. The number of rotatable bonds is 3. The van der Waals surface area contributed by atoms with E-state index in [-0.39, 0.29) is 12.1 Å². The molecule has 1 heterocycles. The molecule has 1 atom stereocenters. The molecule has 0 aromatic rings. The molecule has 0 aromatic carbocycles. The van der Waals surface area contributed by atoms with Crippen LogP contribution in [-0.4, -0.2) is 60.3 Å². The van der Waals surface area contributed by atoms with Crippen molar-refractivity contribution in [3.05, 3.63) is 0 Å². The van der Waals surface area contributed by atoms with Crippen molar-refractivity contribution >= 4 is 0 Å². The smallest absolute Gasteiger partial charge is 0.0610 e. The molecule has 3 heteroatoms. The molecule has 0 saturated carbocycles. The number of hydrogen-bond donors (Lipinski definition) is 1. The van der Waals surface area contributed by atoms with Crippen molar-refractivity contribution in [3.63, 3.8) is 0 Å². The van der Waals surface area contributed by atoms with Crippen molar-refractivity contribution in [1.29, 1.82) is 0 Å². The number of likely N-dealkylation sites (N-methyl/N-ethyl adjacent to an activating group) is 1. The maximum atomic E-state index is 9.32. The fourth-order valence-corrected chi connectivity index (χ4v) is 2.03. The predicted octanol–water partition coefficient (Wildman–Crippen LogP) is 0.783. The summed E-state index contributed by atoms with van der Waals surface area (Å²) in [7, 11) is 4.28. The summed E-state index contributed by atoms with van der Waals surface area (Å²) in [6.07, 6.45) is 2.53. The van der Waals surface area contributed by atoms with E-state index in [0.29, 0.717) is 6.04 Å². The van der Waals surface area contributed by atoms with Crippen LogP contribution in [0.1, 0.15) is 26.7 Å². The van der Waals surface area contributed by atoms with Crippen molar-refractivity contribution in [2.45, 2.75) is 38.3 Å². The highest BCUT2D eigenvalue weighted by atomic mass is 16.3. The molecule has 1 N–H and O–H groups in total. The molecule has 0 bridgehead atoms. The molecule has 0 spiro atoms. The van der Waals surface area contributed by atoms with Gasteiger partial charge in [-0.05, 0) is 47.3 Å². The van der Waals surface area contributed by atoms with Crippen molar-refractivity contribution in [2.24, 2.45) is 0 Å². The number of likely N-dealkylation sites (tertiary alicyclic amines) is 1. The zero-order valence-electron chi connectivity index (χ0n) is 9.95. The first kappa shape index (κ1) is 12.0. The highest BCUT2D eigenvalue weighted by Gasteiger charge is 2.31. The standard InChI is InChI=1S/C11H24N2O/c1-11(2,9-14)13-7-5-6-10(8-13)12(3)4/h10,14H,5-9H2,1-4H3. The van der Waals surface area contributed by atoms with Gasteiger partial charge in [-0.2, -0.15) is 0 Å². The average Bonchev–Trinajstić information content (AvgIpc) is 2.18. The van der Waals surface area contributed by atoms with Crippen molar-refractivity contribution in [3.8, 4) is 0 Å². The summed E-state index contributed by atoms with van der Waals surface area (Å²) in [5, 5.41) is 9.32. The topological polar surface area (TPSA) is 26.7 Å². The molecule has 1 fully saturated rings. The van der Waals surface area contributed by atoms with Gasteiger partial charge in [0, 0.05) is 18.1 Å². The van der Waals surface area contributed by atoms with Gasteiger partial charge in [0.2, 0.25) is 0 Å². The van der Waals surface area contributed by atoms with E-state index in [1.54, 1.807) is 0 Å². The molecule has 1 rings (SSSR count). The summed E-state index contributed by atoms with van der Waals surface area (Å²) in [5.74, 6) is 0. The van der Waals surface area contributed by atoms with E-state index in [0.717, 1.165) is 13.1 Å². The molecule has 0 aromatic heterocycles. The van der Waals surface area contributed by atoms with Gasteiger partial charge in [-0.15, -0.1) is 0 Å². The molecular weight excluding hydrogens is 176 g/mol. The van der Waals surface area contributed by atoms with E-state index in [9.17, 15) is 5.11 Å². The lowest BCUT2D eigenvalue weighted by atomic mass is 9.97. The Morgan fingerprint density at radius 1 is 1.43 bits per heavy atom. The summed E-state index contributed by atoms with van der Waals surface area (Å²) in [4.78, 5) is 4.70. The van der Waals surface area contributed by atoms with Crippen LogP contribution in [0.15, 0.2) is 0 Å². The maximum Gasteiger partial charge on any atom is 0.0610 e. The van der Waals surface area contributed by atoms with Crippen LogP contribution in [0.2, 0.25) is 0 Å². The Hall–Kier alpha value is -0.120. The summed E-state index contributed by atoms with van der Waals surface area (Å²) in [5.41, 5.74) is -0.0608. The lowest BCUT2D eigenvalue weighted by molar-refractivity contribution is 0.0156. The van der Waals surface area contributed by atoms with Crippen LogP contribution in [0, 0.1) is 0 Å². The third-order valence-corrected chi connectivity index (χ3v) is 3.37. The molecule has 3 nitrogen and oxygen atoms in total. The second kappa shape index (κ2) is 4.60. The van der Waals surface area contributed by atoms with E-state index in [1.807, 2.05) is 0 Å². The van der Waals surface area contributed by atoms with Gasteiger partial charge in [-0.3, -0.25) is 4.90 Å². The summed E-state index contributed by atoms with van der Waals surface area (Å²) < 4.78 is 0. The van der Waals surface area contributed by atoms with Crippen LogP contribution in [0.3, 0.4) is 0 Å². The minimum atomic E-state index is -0.0608. The van der Waals surface area contributed by atoms with Crippen LogP contribution in [0.25, 0.3) is 0 Å². The van der Waals surface area contributed by atoms with E-state index in [4.69, 9.17) is 0 Å². The lowest BCUT2D eigenvalue weighted by Crippen LogP contribution is -2.55. The van der Waals surface area contributed by atoms with Crippen molar-refractivity contribution < 1.29 is 5.11 Å². The Morgan fingerprint density at radius 3 is 2.57 bits per heavy atom. The second-order valence-electron chi connectivity index (χ2n) is 5.18. The molecule has 14 heavy (non-hydrogen) atoms. The molecule has 84 valence electrons. The third-order valence-electron chi connectivity index (χ3n) is 3.37. The van der Waals surface area contributed by atoms with Crippen LogP contribution < -0.4 is 0 Å². The molecule has 1 unspecified atom stereocenters. The van der Waals surface area contributed by atoms with Crippen LogP contribution in [0.5, 0.6) is 0 Å². The van der Waals surface area contributed by atoms with Crippen molar-refractivity contribution in [2.75, 3.05) is 33.8 Å². The normalized spacial score (nSPS) is 25.7. The van der Waals surface area contributed by atoms with E-state index in [1.165, 1.54) is 12.8 Å². The van der Waals surface area contributed by atoms with Crippen molar-refractivity contribution in [1.82, 2.24) is 9.80 Å². The summed E-state index contributed by atoms with van der Waals surface area (Å²) >= 11 is 0. The Morgan fingerprint density at radius 2 is 2.07 bits per heavy atom. The molecule has 1 aliphatic rings. The number of nitrogens with zero attached hydrogens (tertiary/aromatic N) is 2. The highest BCUT2D eigenvalue weighted by Crippen LogP contribution is 2.21. The Bertz CT molecular complexity index is 180. The quantitative estimate of drug-likeness (QED) is 0.729. The minimum absolute atomic E-state index is 0.0608. The lowest BCUT2D eigenvalue weighted by Gasteiger charge is -2.44. The maximum absolute atomic E-state index is 9.32. The SMILES string of the molecule is CN(C)C1CCCN(C(C)(C)CO)C1.